The zero-order chi connectivity index (χ0) is 21.4. The van der Waals surface area contributed by atoms with Crippen LogP contribution >= 0.6 is 0 Å². The summed E-state index contributed by atoms with van der Waals surface area (Å²) in [4.78, 5) is 12.5. The van der Waals surface area contributed by atoms with Gasteiger partial charge < -0.3 is 4.43 Å². The van der Waals surface area contributed by atoms with Gasteiger partial charge in [0.2, 0.25) is 0 Å². The summed E-state index contributed by atoms with van der Waals surface area (Å²) in [6, 6.07) is 8.64. The minimum Gasteiger partial charge on any atom is -0.409 e. The first kappa shape index (κ1) is 22.5. The summed E-state index contributed by atoms with van der Waals surface area (Å²) < 4.78 is 6.52. The largest absolute Gasteiger partial charge is 0.409 e. The SMILES string of the molecule is C[C@H](C=Cc1ccccc1C(C)(C)O[Si](C)(C)C)C1CCC2C(=O)CCC[C@@]21C. The van der Waals surface area contributed by atoms with Crippen molar-refractivity contribution in [2.75, 3.05) is 0 Å². The van der Waals surface area contributed by atoms with E-state index in [-0.39, 0.29) is 11.0 Å². The molecular weight excluding hydrogens is 372 g/mol. The lowest BCUT2D eigenvalue weighted by atomic mass is 9.62. The van der Waals surface area contributed by atoms with E-state index >= 15 is 0 Å². The van der Waals surface area contributed by atoms with Crippen LogP contribution in [0.2, 0.25) is 19.6 Å². The number of Topliss-reactive ketones (excluding diaryl/α,β-unsaturated/α-hetero) is 1. The van der Waals surface area contributed by atoms with E-state index in [2.05, 4.69) is 83.8 Å². The van der Waals surface area contributed by atoms with Crippen LogP contribution in [0, 0.1) is 23.2 Å². The van der Waals surface area contributed by atoms with E-state index in [0.29, 0.717) is 23.5 Å². The van der Waals surface area contributed by atoms with Crippen LogP contribution in [-0.4, -0.2) is 14.1 Å². The highest BCUT2D eigenvalue weighted by Crippen LogP contribution is 2.56. The average Bonchev–Trinajstić information content (AvgIpc) is 2.96. The summed E-state index contributed by atoms with van der Waals surface area (Å²) in [5, 5.41) is 0. The Kier molecular flexibility index (Phi) is 6.32. The third-order valence-corrected chi connectivity index (χ3v) is 8.44. The number of rotatable bonds is 6. The fourth-order valence-electron chi connectivity index (χ4n) is 6.23. The van der Waals surface area contributed by atoms with Crippen molar-refractivity contribution in [2.45, 2.75) is 85.0 Å². The van der Waals surface area contributed by atoms with Gasteiger partial charge in [0.05, 0.1) is 5.60 Å². The zero-order valence-electron chi connectivity index (χ0n) is 19.5. The summed E-state index contributed by atoms with van der Waals surface area (Å²) in [5.41, 5.74) is 2.41. The minimum absolute atomic E-state index is 0.193. The molecule has 0 heterocycles. The molecule has 3 rings (SSSR count). The number of ketones is 1. The molecule has 3 heteroatoms. The molecule has 1 aromatic carbocycles. The molecule has 2 nitrogen and oxygen atoms in total. The highest BCUT2D eigenvalue weighted by atomic mass is 28.4. The minimum atomic E-state index is -1.66. The molecule has 0 saturated heterocycles. The Morgan fingerprint density at radius 3 is 2.59 bits per heavy atom. The van der Waals surface area contributed by atoms with Crippen molar-refractivity contribution in [2.24, 2.45) is 23.2 Å². The predicted octanol–water partition coefficient (Wildman–Crippen LogP) is 7.21. The van der Waals surface area contributed by atoms with E-state index in [1.807, 2.05) is 0 Å². The number of carbonyl (C=O) groups excluding carboxylic acids is 1. The zero-order valence-corrected chi connectivity index (χ0v) is 20.5. The van der Waals surface area contributed by atoms with Gasteiger partial charge in [0, 0.05) is 12.3 Å². The Labute approximate surface area is 179 Å². The number of allylic oxidation sites excluding steroid dienone is 1. The Morgan fingerprint density at radius 2 is 1.90 bits per heavy atom. The standard InChI is InChI=1S/C26H40O2Si/c1-19(21-16-17-23-24(27)13-10-18-26(21,23)4)14-15-20-11-8-9-12-22(20)25(2,3)28-29(5,6)7/h8-9,11-12,14-15,19,21,23H,10,13,16-18H2,1-7H3/t19-,21?,23?,26-/m1/s1. The molecule has 0 N–H and O–H groups in total. The molecule has 0 amide bonds. The topological polar surface area (TPSA) is 26.3 Å². The quantitative estimate of drug-likeness (QED) is 0.461. The fourth-order valence-corrected chi connectivity index (χ4v) is 7.88. The van der Waals surface area contributed by atoms with Crippen molar-refractivity contribution in [3.63, 3.8) is 0 Å². The molecule has 2 saturated carbocycles. The van der Waals surface area contributed by atoms with E-state index in [1.54, 1.807) is 0 Å². The Balaban J connectivity index is 1.81. The first-order chi connectivity index (χ1) is 13.4. The van der Waals surface area contributed by atoms with E-state index in [9.17, 15) is 4.79 Å². The van der Waals surface area contributed by atoms with E-state index in [4.69, 9.17) is 4.43 Å². The number of fused-ring (bicyclic) bond motifs is 1. The van der Waals surface area contributed by atoms with Gasteiger partial charge in [-0.2, -0.15) is 0 Å². The van der Waals surface area contributed by atoms with Gasteiger partial charge in [0.1, 0.15) is 5.78 Å². The molecule has 0 bridgehead atoms. The van der Waals surface area contributed by atoms with Crippen LogP contribution in [0.3, 0.4) is 0 Å². The Bertz CT molecular complexity index is 773. The molecule has 2 fully saturated rings. The number of hydrogen-bond acceptors (Lipinski definition) is 2. The van der Waals surface area contributed by atoms with Gasteiger partial charge in [-0.15, -0.1) is 0 Å². The lowest BCUT2D eigenvalue weighted by molar-refractivity contribution is -0.129. The average molecular weight is 413 g/mol. The lowest BCUT2D eigenvalue weighted by Gasteiger charge is -2.41. The molecule has 1 aromatic rings. The summed E-state index contributed by atoms with van der Waals surface area (Å²) in [7, 11) is -1.66. The third kappa shape index (κ3) is 4.77. The van der Waals surface area contributed by atoms with Crippen LogP contribution in [0.15, 0.2) is 30.3 Å². The molecule has 0 spiro atoms. The van der Waals surface area contributed by atoms with Crippen LogP contribution in [-0.2, 0) is 14.8 Å². The van der Waals surface area contributed by atoms with Crippen LogP contribution < -0.4 is 0 Å². The van der Waals surface area contributed by atoms with Gasteiger partial charge in [0.25, 0.3) is 0 Å². The van der Waals surface area contributed by atoms with Crippen molar-refractivity contribution >= 4 is 20.2 Å². The van der Waals surface area contributed by atoms with Crippen molar-refractivity contribution < 1.29 is 9.22 Å². The van der Waals surface area contributed by atoms with Crippen molar-refractivity contribution in [3.05, 3.63) is 41.5 Å². The molecule has 29 heavy (non-hydrogen) atoms. The van der Waals surface area contributed by atoms with Crippen LogP contribution in [0.4, 0.5) is 0 Å². The highest BCUT2D eigenvalue weighted by molar-refractivity contribution is 6.69. The van der Waals surface area contributed by atoms with Crippen molar-refractivity contribution in [3.8, 4) is 0 Å². The second-order valence-electron chi connectivity index (χ2n) is 11.1. The Morgan fingerprint density at radius 1 is 1.21 bits per heavy atom. The number of carbonyl (C=O) groups is 1. The lowest BCUT2D eigenvalue weighted by Crippen LogP contribution is -2.39. The van der Waals surface area contributed by atoms with Gasteiger partial charge in [0.15, 0.2) is 8.32 Å². The monoisotopic (exact) mass is 412 g/mol. The van der Waals surface area contributed by atoms with Gasteiger partial charge in [-0.05, 0) is 87.5 Å². The molecule has 0 aliphatic heterocycles. The number of benzene rings is 1. The van der Waals surface area contributed by atoms with Gasteiger partial charge in [-0.3, -0.25) is 4.79 Å². The Hall–Kier alpha value is -1.19. The summed E-state index contributed by atoms with van der Waals surface area (Å²) in [5.74, 6) is 1.90. The van der Waals surface area contributed by atoms with Gasteiger partial charge in [-0.1, -0.05) is 50.3 Å². The van der Waals surface area contributed by atoms with Crippen LogP contribution in [0.25, 0.3) is 6.08 Å². The molecule has 0 aromatic heterocycles. The molecule has 4 atom stereocenters. The first-order valence-corrected chi connectivity index (χ1v) is 14.9. The van der Waals surface area contributed by atoms with Crippen LogP contribution in [0.5, 0.6) is 0 Å². The van der Waals surface area contributed by atoms with Gasteiger partial charge in [-0.25, -0.2) is 0 Å². The molecule has 2 aliphatic rings. The molecule has 2 aliphatic carbocycles. The second-order valence-corrected chi connectivity index (χ2v) is 15.5. The molecule has 160 valence electrons. The maximum atomic E-state index is 12.5. The summed E-state index contributed by atoms with van der Waals surface area (Å²) >= 11 is 0. The van der Waals surface area contributed by atoms with Gasteiger partial charge >= 0.3 is 0 Å². The summed E-state index contributed by atoms with van der Waals surface area (Å²) in [6.45, 7) is 15.9. The summed E-state index contributed by atoms with van der Waals surface area (Å²) in [6.07, 6.45) is 10.0. The van der Waals surface area contributed by atoms with E-state index in [0.717, 1.165) is 19.3 Å². The molecule has 0 radical (unpaired) electrons. The normalized spacial score (nSPS) is 29.3. The maximum Gasteiger partial charge on any atom is 0.184 e. The van der Waals surface area contributed by atoms with Crippen molar-refractivity contribution in [1.82, 2.24) is 0 Å². The highest BCUT2D eigenvalue weighted by Gasteiger charge is 2.51. The third-order valence-electron chi connectivity index (χ3n) is 7.32. The predicted molar refractivity (Wildman–Crippen MR) is 125 cm³/mol. The number of hydrogen-bond donors (Lipinski definition) is 0. The van der Waals surface area contributed by atoms with E-state index < -0.39 is 8.32 Å². The van der Waals surface area contributed by atoms with Crippen LogP contribution in [0.1, 0.15) is 70.9 Å². The molecular formula is C26H40O2Si. The first-order valence-electron chi connectivity index (χ1n) is 11.4. The fraction of sp³-hybridized carbons (Fsp3) is 0.654. The smallest absolute Gasteiger partial charge is 0.184 e. The molecule has 2 unspecified atom stereocenters. The second kappa shape index (κ2) is 8.15. The van der Waals surface area contributed by atoms with Crippen molar-refractivity contribution in [1.29, 1.82) is 0 Å². The van der Waals surface area contributed by atoms with E-state index in [1.165, 1.54) is 24.0 Å². The maximum absolute atomic E-state index is 12.5.